The number of aryl methyl sites for hydroxylation is 1. The second-order valence-corrected chi connectivity index (χ2v) is 5.69. The molecule has 0 saturated heterocycles. The van der Waals surface area contributed by atoms with Crippen LogP contribution in [-0.2, 0) is 0 Å². The summed E-state index contributed by atoms with van der Waals surface area (Å²) in [5, 5.41) is 2.89. The van der Waals surface area contributed by atoms with Crippen molar-refractivity contribution in [1.29, 1.82) is 0 Å². The molecule has 132 valence electrons. The zero-order chi connectivity index (χ0) is 17.8. The zero-order valence-electron chi connectivity index (χ0n) is 14.5. The summed E-state index contributed by atoms with van der Waals surface area (Å²) in [7, 11) is 3.10. The fourth-order valence-electron chi connectivity index (χ4n) is 2.66. The maximum atomic E-state index is 12.7. The fourth-order valence-corrected chi connectivity index (χ4v) is 2.66. The molecular weight excluding hydrogens is 322 g/mol. The summed E-state index contributed by atoms with van der Waals surface area (Å²) in [4.78, 5) is 12.7. The summed E-state index contributed by atoms with van der Waals surface area (Å²) in [6.45, 7) is 3.08. The Bertz CT molecular complexity index is 788. The lowest BCUT2D eigenvalue weighted by atomic mass is 10.1. The largest absolute Gasteiger partial charge is 0.493 e. The van der Waals surface area contributed by atoms with E-state index in [4.69, 9.17) is 18.9 Å². The van der Waals surface area contributed by atoms with Crippen LogP contribution in [0.25, 0.3) is 0 Å². The molecule has 0 fully saturated rings. The van der Waals surface area contributed by atoms with E-state index in [2.05, 4.69) is 5.32 Å². The lowest BCUT2D eigenvalue weighted by molar-refractivity contribution is 0.102. The zero-order valence-corrected chi connectivity index (χ0v) is 14.5. The lowest BCUT2D eigenvalue weighted by Crippen LogP contribution is -2.14. The molecule has 6 nitrogen and oxygen atoms in total. The van der Waals surface area contributed by atoms with Gasteiger partial charge in [-0.15, -0.1) is 0 Å². The highest BCUT2D eigenvalue weighted by atomic mass is 16.5. The number of carbonyl (C=O) groups is 1. The lowest BCUT2D eigenvalue weighted by Gasteiger charge is -2.14. The Balaban J connectivity index is 1.84. The Labute approximate surface area is 146 Å². The van der Waals surface area contributed by atoms with E-state index < -0.39 is 0 Å². The van der Waals surface area contributed by atoms with Crippen LogP contribution in [0.1, 0.15) is 22.3 Å². The molecule has 0 atom stereocenters. The van der Waals surface area contributed by atoms with Crippen molar-refractivity contribution >= 4 is 11.6 Å². The van der Waals surface area contributed by atoms with Crippen molar-refractivity contribution in [3.8, 4) is 23.0 Å². The first-order chi connectivity index (χ1) is 12.1. The average Bonchev–Trinajstić information content (AvgIpc) is 2.86. The third-order valence-corrected chi connectivity index (χ3v) is 3.98. The smallest absolute Gasteiger partial charge is 0.256 e. The molecule has 1 aliphatic rings. The van der Waals surface area contributed by atoms with E-state index in [1.54, 1.807) is 44.6 Å². The predicted octanol–water partition coefficient (Wildman–Crippen LogP) is 3.43. The number of benzene rings is 2. The van der Waals surface area contributed by atoms with Gasteiger partial charge in [0.15, 0.2) is 23.0 Å². The Morgan fingerprint density at radius 2 is 1.68 bits per heavy atom. The van der Waals surface area contributed by atoms with E-state index in [1.165, 1.54) is 0 Å². The molecule has 6 heteroatoms. The molecule has 25 heavy (non-hydrogen) atoms. The number of hydrogen-bond donors (Lipinski definition) is 1. The van der Waals surface area contributed by atoms with Crippen LogP contribution in [0.4, 0.5) is 5.69 Å². The summed E-state index contributed by atoms with van der Waals surface area (Å²) in [5.41, 5.74) is 1.96. The fraction of sp³-hybridized carbons (Fsp3) is 0.316. The summed E-state index contributed by atoms with van der Waals surface area (Å²) in [6, 6.07) is 8.82. The highest BCUT2D eigenvalue weighted by molar-refractivity contribution is 6.05. The number of carbonyl (C=O) groups excluding carboxylic acids is 1. The molecular formula is C19H21NO5. The SMILES string of the molecule is COc1cc(C)c(C(=O)Nc2ccc3c(c2)OCCCO3)cc1OC. The molecule has 0 aliphatic carbocycles. The van der Waals surface area contributed by atoms with Gasteiger partial charge in [0.1, 0.15) is 0 Å². The van der Waals surface area contributed by atoms with Gasteiger partial charge in [-0.25, -0.2) is 0 Å². The molecule has 0 radical (unpaired) electrons. The van der Waals surface area contributed by atoms with Gasteiger partial charge < -0.3 is 24.3 Å². The molecule has 1 aliphatic heterocycles. The number of fused-ring (bicyclic) bond motifs is 1. The second kappa shape index (κ2) is 7.34. The van der Waals surface area contributed by atoms with Gasteiger partial charge in [0.2, 0.25) is 0 Å². The minimum absolute atomic E-state index is 0.229. The number of methoxy groups -OCH3 is 2. The molecule has 1 N–H and O–H groups in total. The van der Waals surface area contributed by atoms with Gasteiger partial charge in [-0.05, 0) is 36.8 Å². The topological polar surface area (TPSA) is 66.0 Å². The van der Waals surface area contributed by atoms with Crippen molar-refractivity contribution in [3.63, 3.8) is 0 Å². The highest BCUT2D eigenvalue weighted by Gasteiger charge is 2.16. The normalized spacial score (nSPS) is 12.9. The molecule has 0 spiro atoms. The molecule has 0 unspecified atom stereocenters. The average molecular weight is 343 g/mol. The Hall–Kier alpha value is -2.89. The van der Waals surface area contributed by atoms with Crippen molar-refractivity contribution in [2.24, 2.45) is 0 Å². The van der Waals surface area contributed by atoms with Crippen molar-refractivity contribution in [1.82, 2.24) is 0 Å². The van der Waals surface area contributed by atoms with Crippen LogP contribution in [-0.4, -0.2) is 33.3 Å². The van der Waals surface area contributed by atoms with Crippen LogP contribution in [0.2, 0.25) is 0 Å². The standard InChI is InChI=1S/C19H21NO5/c1-12-9-16(22-2)17(23-3)11-14(12)19(21)20-13-5-6-15-18(10-13)25-8-4-7-24-15/h5-6,9-11H,4,7-8H2,1-3H3,(H,20,21). The van der Waals surface area contributed by atoms with Gasteiger partial charge in [-0.3, -0.25) is 4.79 Å². The summed E-state index contributed by atoms with van der Waals surface area (Å²) >= 11 is 0. The van der Waals surface area contributed by atoms with E-state index in [0.717, 1.165) is 12.0 Å². The first kappa shape index (κ1) is 17.0. The van der Waals surface area contributed by atoms with Gasteiger partial charge >= 0.3 is 0 Å². The van der Waals surface area contributed by atoms with Gasteiger partial charge in [0.25, 0.3) is 5.91 Å². The minimum Gasteiger partial charge on any atom is -0.493 e. The molecule has 2 aromatic carbocycles. The number of rotatable bonds is 4. The molecule has 1 amide bonds. The molecule has 2 aromatic rings. The third-order valence-electron chi connectivity index (χ3n) is 3.98. The number of ether oxygens (including phenoxy) is 4. The molecule has 0 saturated carbocycles. The van der Waals surface area contributed by atoms with Crippen molar-refractivity contribution in [2.75, 3.05) is 32.8 Å². The Morgan fingerprint density at radius 3 is 2.40 bits per heavy atom. The van der Waals surface area contributed by atoms with E-state index in [0.29, 0.717) is 47.5 Å². The quantitative estimate of drug-likeness (QED) is 0.921. The van der Waals surface area contributed by atoms with Gasteiger partial charge in [-0.1, -0.05) is 0 Å². The molecule has 1 heterocycles. The number of nitrogens with one attached hydrogen (secondary N) is 1. The first-order valence-corrected chi connectivity index (χ1v) is 8.06. The minimum atomic E-state index is -0.229. The summed E-state index contributed by atoms with van der Waals surface area (Å²) in [6.07, 6.45) is 0.835. The van der Waals surface area contributed by atoms with E-state index in [-0.39, 0.29) is 5.91 Å². The highest BCUT2D eigenvalue weighted by Crippen LogP contribution is 2.33. The van der Waals surface area contributed by atoms with Crippen LogP contribution in [0.3, 0.4) is 0 Å². The third kappa shape index (κ3) is 3.63. The van der Waals surface area contributed by atoms with Crippen LogP contribution < -0.4 is 24.3 Å². The van der Waals surface area contributed by atoms with E-state index in [1.807, 2.05) is 6.92 Å². The number of hydrogen-bond acceptors (Lipinski definition) is 5. The van der Waals surface area contributed by atoms with E-state index >= 15 is 0 Å². The van der Waals surface area contributed by atoms with Gasteiger partial charge in [0.05, 0.1) is 27.4 Å². The summed E-state index contributed by atoms with van der Waals surface area (Å²) < 4.78 is 21.8. The van der Waals surface area contributed by atoms with Crippen molar-refractivity contribution in [2.45, 2.75) is 13.3 Å². The molecule has 3 rings (SSSR count). The molecule has 0 aromatic heterocycles. The predicted molar refractivity (Wildman–Crippen MR) is 94.3 cm³/mol. The van der Waals surface area contributed by atoms with Gasteiger partial charge in [0, 0.05) is 23.7 Å². The van der Waals surface area contributed by atoms with Crippen molar-refractivity contribution < 1.29 is 23.7 Å². The van der Waals surface area contributed by atoms with Crippen LogP contribution >= 0.6 is 0 Å². The Morgan fingerprint density at radius 1 is 1.00 bits per heavy atom. The first-order valence-electron chi connectivity index (χ1n) is 8.06. The summed E-state index contributed by atoms with van der Waals surface area (Å²) in [5.74, 6) is 2.20. The maximum absolute atomic E-state index is 12.7. The Kier molecular flexibility index (Phi) is 4.97. The monoisotopic (exact) mass is 343 g/mol. The van der Waals surface area contributed by atoms with Crippen molar-refractivity contribution in [3.05, 3.63) is 41.5 Å². The maximum Gasteiger partial charge on any atom is 0.256 e. The van der Waals surface area contributed by atoms with E-state index in [9.17, 15) is 4.79 Å². The van der Waals surface area contributed by atoms with Gasteiger partial charge in [-0.2, -0.15) is 0 Å². The van der Waals surface area contributed by atoms with Crippen LogP contribution in [0.5, 0.6) is 23.0 Å². The van der Waals surface area contributed by atoms with Crippen LogP contribution in [0, 0.1) is 6.92 Å². The molecule has 0 bridgehead atoms. The van der Waals surface area contributed by atoms with Crippen LogP contribution in [0.15, 0.2) is 30.3 Å². The number of amides is 1. The number of anilines is 1. The second-order valence-electron chi connectivity index (χ2n) is 5.69.